The summed E-state index contributed by atoms with van der Waals surface area (Å²) >= 11 is 0. The zero-order chi connectivity index (χ0) is 52.8. The van der Waals surface area contributed by atoms with Crippen LogP contribution in [0.2, 0.25) is 0 Å². The van der Waals surface area contributed by atoms with Crippen LogP contribution in [0.15, 0.2) is 364 Å². The number of hydrogen-bond acceptors (Lipinski definition) is 0. The lowest BCUT2D eigenvalue weighted by Crippen LogP contribution is -2.36. The number of benzene rings is 12. The van der Waals surface area contributed by atoms with Crippen molar-refractivity contribution in [2.45, 2.75) is 0 Å². The van der Waals surface area contributed by atoms with E-state index in [2.05, 4.69) is 375 Å². The van der Waals surface area contributed by atoms with E-state index < -0.39 is 27.9 Å². The van der Waals surface area contributed by atoms with Gasteiger partial charge in [0.2, 0.25) is 0 Å². The molecule has 0 bridgehead atoms. The van der Waals surface area contributed by atoms with Crippen molar-refractivity contribution >= 4 is 102 Å². The predicted molar refractivity (Wildman–Crippen MR) is 352 cm³/mol. The molecule has 0 heterocycles. The van der Waals surface area contributed by atoms with Crippen molar-refractivity contribution < 1.29 is 0 Å². The molecule has 0 aliphatic carbocycles. The summed E-state index contributed by atoms with van der Waals surface area (Å²) in [6, 6.07) is 133. The Morgan fingerprint density at radius 2 is 0.346 bits per heavy atom. The first-order chi connectivity index (χ1) is 38.7. The molecule has 0 radical (unpaired) electrons. The molecule has 0 nitrogen and oxygen atoms in total. The lowest BCUT2D eigenvalue weighted by Gasteiger charge is -2.33. The molecule has 12 aromatic rings. The van der Waals surface area contributed by atoms with E-state index in [-0.39, 0.29) is 0 Å². The van der Waals surface area contributed by atoms with Gasteiger partial charge >= 0.3 is 0 Å². The van der Waals surface area contributed by atoms with Gasteiger partial charge in [0.05, 0.1) is 5.54 Å². The SMILES string of the molecule is C(=P(c1ccccc1)(c1ccccc1)c1ccccc1)=P(c1ccccc1)(c1ccccc1)c1ccccc1.C(=P(c1ccccc1)(c1ccccc1)c1ccccc1)[P+](c1ccccc1)(c1ccccc1)c1ccccc1. The summed E-state index contributed by atoms with van der Waals surface area (Å²) in [6.07, 6.45) is 0. The van der Waals surface area contributed by atoms with Gasteiger partial charge in [0.15, 0.2) is 0 Å². The van der Waals surface area contributed by atoms with Crippen LogP contribution >= 0.6 is 27.9 Å². The highest BCUT2D eigenvalue weighted by atomic mass is 31.2. The first kappa shape index (κ1) is 52.1. The third kappa shape index (κ3) is 10.3. The second-order valence-electron chi connectivity index (χ2n) is 19.0. The van der Waals surface area contributed by atoms with E-state index in [0.717, 1.165) is 0 Å². The molecule has 0 amide bonds. The lowest BCUT2D eigenvalue weighted by atomic mass is 10.4. The van der Waals surface area contributed by atoms with Gasteiger partial charge in [0, 0.05) is 20.7 Å². The second-order valence-corrected chi connectivity index (χ2v) is 32.5. The van der Waals surface area contributed by atoms with Crippen molar-refractivity contribution in [3.8, 4) is 0 Å². The minimum atomic E-state index is -2.37. The van der Waals surface area contributed by atoms with Crippen LogP contribution in [-0.4, -0.2) is 10.7 Å². The normalized spacial score (nSPS) is 11.5. The van der Waals surface area contributed by atoms with Crippen LogP contribution in [-0.2, 0) is 0 Å². The minimum Gasteiger partial charge on any atom is -0.105 e. The molecule has 0 atom stereocenters. The molecule has 0 spiro atoms. The van der Waals surface area contributed by atoms with Gasteiger partial charge in [-0.3, -0.25) is 0 Å². The summed E-state index contributed by atoms with van der Waals surface area (Å²) in [5, 5.41) is 20.7. The molecule has 12 aromatic carbocycles. The molecule has 376 valence electrons. The molecule has 12 rings (SSSR count). The Morgan fingerprint density at radius 3 is 0.526 bits per heavy atom. The van der Waals surface area contributed by atoms with Gasteiger partial charge in [-0.05, 0) is 84.1 Å². The molecule has 0 saturated heterocycles. The Labute approximate surface area is 463 Å². The van der Waals surface area contributed by atoms with Crippen molar-refractivity contribution in [1.29, 1.82) is 0 Å². The number of hydrogen-bond donors (Lipinski definition) is 0. The van der Waals surface area contributed by atoms with Crippen molar-refractivity contribution in [3.63, 3.8) is 0 Å². The van der Waals surface area contributed by atoms with Crippen molar-refractivity contribution in [3.05, 3.63) is 364 Å². The van der Waals surface area contributed by atoms with Crippen LogP contribution in [0, 0.1) is 0 Å². The van der Waals surface area contributed by atoms with E-state index >= 15 is 0 Å². The Hall–Kier alpha value is -7.99. The molecule has 0 aromatic heterocycles. The molecule has 78 heavy (non-hydrogen) atoms. The molecule has 0 fully saturated rings. The Morgan fingerprint density at radius 1 is 0.192 bits per heavy atom. The Bertz CT molecular complexity index is 3410. The van der Waals surface area contributed by atoms with Crippen LogP contribution < -0.4 is 63.7 Å². The highest BCUT2D eigenvalue weighted by Gasteiger charge is 2.47. The maximum atomic E-state index is 4.60. The van der Waals surface area contributed by atoms with Crippen molar-refractivity contribution in [2.24, 2.45) is 0 Å². The molecule has 0 aliphatic rings. The van der Waals surface area contributed by atoms with E-state index in [9.17, 15) is 0 Å². The number of rotatable bonds is 13. The average Bonchev–Trinajstić information content (AvgIpc) is 3.62. The molecule has 4 heteroatoms. The van der Waals surface area contributed by atoms with Gasteiger partial charge in [-0.25, -0.2) is 0 Å². The summed E-state index contributed by atoms with van der Waals surface area (Å²) in [5.41, 5.74) is 2.82. The van der Waals surface area contributed by atoms with Gasteiger partial charge in [-0.2, -0.15) is 0 Å². The van der Waals surface area contributed by atoms with E-state index in [1.165, 1.54) is 63.7 Å². The highest BCUT2D eigenvalue weighted by Crippen LogP contribution is 2.61. The summed E-state index contributed by atoms with van der Waals surface area (Å²) < 4.78 is 0. The molecule has 0 N–H and O–H groups in total. The molecular formula is C74H61P4+. The monoisotopic (exact) mass is 1070 g/mol. The summed E-state index contributed by atoms with van der Waals surface area (Å²) in [6.45, 7) is -6.99. The van der Waals surface area contributed by atoms with Crippen molar-refractivity contribution in [2.75, 3.05) is 0 Å². The minimum absolute atomic E-state index is 1.31. The quantitative estimate of drug-likeness (QED) is 0.101. The second kappa shape index (κ2) is 24.6. The van der Waals surface area contributed by atoms with Gasteiger partial charge < -0.3 is 0 Å². The Balaban J connectivity index is 0.000000165. The van der Waals surface area contributed by atoms with Gasteiger partial charge in [0.25, 0.3) is 0 Å². The third-order valence-electron chi connectivity index (χ3n) is 14.5. The smallest absolute Gasteiger partial charge is 0.105 e. The van der Waals surface area contributed by atoms with Crippen LogP contribution in [0.5, 0.6) is 0 Å². The maximum Gasteiger partial charge on any atom is 0.137 e. The van der Waals surface area contributed by atoms with Gasteiger partial charge in [-0.1, -0.05) is 328 Å². The van der Waals surface area contributed by atoms with E-state index in [0.29, 0.717) is 0 Å². The first-order valence-corrected chi connectivity index (χ1v) is 33.9. The average molecular weight is 1070 g/mol. The zero-order valence-corrected chi connectivity index (χ0v) is 47.1. The summed E-state index contributed by atoms with van der Waals surface area (Å²) in [4.78, 5) is 0. The first-order valence-electron chi connectivity index (χ1n) is 26.6. The van der Waals surface area contributed by atoms with Crippen LogP contribution in [0.3, 0.4) is 0 Å². The van der Waals surface area contributed by atoms with Crippen LogP contribution in [0.1, 0.15) is 0 Å². The third-order valence-corrected chi connectivity index (χ3v) is 32.8. The van der Waals surface area contributed by atoms with E-state index in [1.54, 1.807) is 0 Å². The maximum absolute atomic E-state index is 4.60. The fourth-order valence-electron chi connectivity index (χ4n) is 10.9. The predicted octanol–water partition coefficient (Wildman–Crippen LogP) is 13.3. The molecule has 0 unspecified atom stereocenters. The molecular weight excluding hydrogens is 1010 g/mol. The summed E-state index contributed by atoms with van der Waals surface area (Å²) in [7, 11) is -2.25. The molecule has 0 aliphatic heterocycles. The summed E-state index contributed by atoms with van der Waals surface area (Å²) in [5.74, 6) is 0. The highest BCUT2D eigenvalue weighted by molar-refractivity contribution is 8.18. The fourth-order valence-corrected chi connectivity index (χ4v) is 31.9. The van der Waals surface area contributed by atoms with E-state index in [1.807, 2.05) is 0 Å². The van der Waals surface area contributed by atoms with Gasteiger partial charge in [-0.15, -0.1) is 5.17 Å². The van der Waals surface area contributed by atoms with Crippen LogP contribution in [0.4, 0.5) is 0 Å². The van der Waals surface area contributed by atoms with Crippen molar-refractivity contribution in [1.82, 2.24) is 0 Å². The largest absolute Gasteiger partial charge is 0.137 e. The van der Waals surface area contributed by atoms with E-state index in [4.69, 9.17) is 0 Å². The van der Waals surface area contributed by atoms with Gasteiger partial charge in [0.1, 0.15) is 23.2 Å². The Kier molecular flexibility index (Phi) is 16.4. The standard InChI is InChI=1S/C37H31P2.C37H30P2/c2*1-7-19-32(20-8-1)38(33-21-9-2-10-22-33,34-23-11-3-12-24-34)31-39(35-25-13-4-14-26-35,36-27-15-5-16-28-36)37-29-17-6-18-30-37/h1-31H;1-30H/q+1;. The fraction of sp³-hybridized carbons (Fsp3) is 0. The zero-order valence-electron chi connectivity index (χ0n) is 43.5. The topological polar surface area (TPSA) is 0 Å². The van der Waals surface area contributed by atoms with Crippen LogP contribution in [0.25, 0.3) is 0 Å². The molecule has 0 saturated carbocycles. The lowest BCUT2D eigenvalue weighted by molar-refractivity contribution is 1.73.